The van der Waals surface area contributed by atoms with E-state index < -0.39 is 0 Å². The second kappa shape index (κ2) is 4.83. The lowest BCUT2D eigenvalue weighted by Crippen LogP contribution is -1.94. The third kappa shape index (κ3) is 3.53. The van der Waals surface area contributed by atoms with Crippen molar-refractivity contribution in [3.05, 3.63) is 34.6 Å². The molecule has 0 saturated carbocycles. The number of alkyl halides is 1. The van der Waals surface area contributed by atoms with Crippen LogP contribution in [0.4, 0.5) is 4.39 Å². The Hall–Kier alpha value is -0.270. The Morgan fingerprint density at radius 2 is 2.15 bits per heavy atom. The summed E-state index contributed by atoms with van der Waals surface area (Å²) in [5.74, 6) is -0.371. The number of benzene rings is 1. The van der Waals surface area contributed by atoms with Gasteiger partial charge in [-0.05, 0) is 37.5 Å². The summed E-state index contributed by atoms with van der Waals surface area (Å²) in [6.45, 7) is 1.94. The first-order valence-corrected chi connectivity index (χ1v) is 4.99. The van der Waals surface area contributed by atoms with Crippen molar-refractivity contribution in [1.82, 2.24) is 0 Å². The summed E-state index contributed by atoms with van der Waals surface area (Å²) in [7, 11) is 0. The molecule has 0 nitrogen and oxygen atoms in total. The minimum absolute atomic E-state index is 0.142. The number of rotatable bonds is 3. The van der Waals surface area contributed by atoms with Crippen LogP contribution in [0.1, 0.15) is 18.9 Å². The average Bonchev–Trinajstić information content (AvgIpc) is 2.07. The second-order valence-corrected chi connectivity index (χ2v) is 4.22. The fourth-order valence-electron chi connectivity index (χ4n) is 1.06. The quantitative estimate of drug-likeness (QED) is 0.675. The van der Waals surface area contributed by atoms with Gasteiger partial charge in [-0.2, -0.15) is 0 Å². The van der Waals surface area contributed by atoms with Crippen molar-refractivity contribution < 1.29 is 4.39 Å². The highest BCUT2D eigenvalue weighted by molar-refractivity contribution is 6.30. The highest BCUT2D eigenvalue weighted by Crippen LogP contribution is 2.17. The van der Waals surface area contributed by atoms with Gasteiger partial charge in [-0.1, -0.05) is 17.7 Å². The maximum absolute atomic E-state index is 12.7. The van der Waals surface area contributed by atoms with Crippen molar-refractivity contribution >= 4 is 23.2 Å². The summed E-state index contributed by atoms with van der Waals surface area (Å²) in [6, 6.07) is 4.77. The Morgan fingerprint density at radius 1 is 1.46 bits per heavy atom. The van der Waals surface area contributed by atoms with E-state index in [9.17, 15) is 4.39 Å². The molecule has 0 saturated heterocycles. The largest absolute Gasteiger partial charge is 0.205 e. The van der Waals surface area contributed by atoms with Gasteiger partial charge in [0.1, 0.15) is 5.82 Å². The molecule has 0 radical (unpaired) electrons. The maximum atomic E-state index is 12.7. The van der Waals surface area contributed by atoms with Crippen LogP contribution in [0.5, 0.6) is 0 Å². The van der Waals surface area contributed by atoms with E-state index in [2.05, 4.69) is 0 Å². The average molecular weight is 221 g/mol. The van der Waals surface area contributed by atoms with Crippen LogP contribution in [0.15, 0.2) is 18.2 Å². The van der Waals surface area contributed by atoms with Crippen molar-refractivity contribution in [3.63, 3.8) is 0 Å². The standard InChI is InChI=1S/C10H11Cl2F/c1-7(11)2-3-8-4-5-10(13)9(12)6-8/h4-7H,2-3H2,1H3. The topological polar surface area (TPSA) is 0 Å². The first kappa shape index (κ1) is 10.8. The molecule has 0 N–H and O–H groups in total. The minimum Gasteiger partial charge on any atom is -0.205 e. The van der Waals surface area contributed by atoms with Crippen molar-refractivity contribution in [1.29, 1.82) is 0 Å². The molecule has 1 atom stereocenters. The molecule has 1 aromatic rings. The van der Waals surface area contributed by atoms with E-state index in [-0.39, 0.29) is 16.2 Å². The van der Waals surface area contributed by atoms with Gasteiger partial charge in [0, 0.05) is 5.38 Å². The molecule has 0 aromatic heterocycles. The molecule has 0 bridgehead atoms. The molecule has 3 heteroatoms. The second-order valence-electron chi connectivity index (χ2n) is 3.07. The summed E-state index contributed by atoms with van der Waals surface area (Å²) >= 11 is 11.4. The zero-order valence-electron chi connectivity index (χ0n) is 7.36. The van der Waals surface area contributed by atoms with Crippen LogP contribution in [-0.2, 0) is 6.42 Å². The molecule has 0 heterocycles. The molecule has 1 unspecified atom stereocenters. The molecule has 0 aliphatic heterocycles. The first-order chi connectivity index (χ1) is 6.09. The van der Waals surface area contributed by atoms with Gasteiger partial charge in [-0.25, -0.2) is 4.39 Å². The monoisotopic (exact) mass is 220 g/mol. The molecule has 1 aromatic carbocycles. The molecular weight excluding hydrogens is 210 g/mol. The molecule has 13 heavy (non-hydrogen) atoms. The van der Waals surface area contributed by atoms with Crippen molar-refractivity contribution in [2.45, 2.75) is 25.1 Å². The fourth-order valence-corrected chi connectivity index (χ4v) is 1.37. The summed E-state index contributed by atoms with van der Waals surface area (Å²) in [6.07, 6.45) is 1.72. The van der Waals surface area contributed by atoms with Crippen LogP contribution >= 0.6 is 23.2 Å². The van der Waals surface area contributed by atoms with E-state index in [4.69, 9.17) is 23.2 Å². The Morgan fingerprint density at radius 3 is 2.69 bits per heavy atom. The van der Waals surface area contributed by atoms with E-state index in [0.29, 0.717) is 0 Å². The van der Waals surface area contributed by atoms with Crippen molar-refractivity contribution in [2.75, 3.05) is 0 Å². The lowest BCUT2D eigenvalue weighted by molar-refractivity contribution is 0.627. The normalized spacial score (nSPS) is 12.9. The summed E-state index contributed by atoms with van der Waals surface area (Å²) < 4.78 is 12.7. The van der Waals surface area contributed by atoms with E-state index >= 15 is 0 Å². The van der Waals surface area contributed by atoms with Crippen LogP contribution in [0.25, 0.3) is 0 Å². The highest BCUT2D eigenvalue weighted by atomic mass is 35.5. The zero-order chi connectivity index (χ0) is 9.84. The van der Waals surface area contributed by atoms with Gasteiger partial charge >= 0.3 is 0 Å². The smallest absolute Gasteiger partial charge is 0.141 e. The minimum atomic E-state index is -0.371. The maximum Gasteiger partial charge on any atom is 0.141 e. The summed E-state index contributed by atoms with van der Waals surface area (Å²) in [5, 5.41) is 0.323. The van der Waals surface area contributed by atoms with Crippen LogP contribution in [0.3, 0.4) is 0 Å². The third-order valence-corrected chi connectivity index (χ3v) is 2.32. The SMILES string of the molecule is CC(Cl)CCc1ccc(F)c(Cl)c1. The summed E-state index contributed by atoms with van der Waals surface area (Å²) in [5.41, 5.74) is 1.03. The number of hydrogen-bond acceptors (Lipinski definition) is 0. The summed E-state index contributed by atoms with van der Waals surface area (Å²) in [4.78, 5) is 0. The van der Waals surface area contributed by atoms with Crippen LogP contribution < -0.4 is 0 Å². The van der Waals surface area contributed by atoms with Crippen molar-refractivity contribution in [3.8, 4) is 0 Å². The highest BCUT2D eigenvalue weighted by Gasteiger charge is 2.02. The molecule has 0 aliphatic carbocycles. The molecule has 0 fully saturated rings. The predicted octanol–water partition coefficient (Wildman–Crippen LogP) is 4.04. The van der Waals surface area contributed by atoms with Gasteiger partial charge < -0.3 is 0 Å². The van der Waals surface area contributed by atoms with E-state index in [1.54, 1.807) is 12.1 Å². The van der Waals surface area contributed by atoms with Gasteiger partial charge in [-0.3, -0.25) is 0 Å². The molecule has 0 amide bonds. The molecule has 0 spiro atoms. The van der Waals surface area contributed by atoms with Gasteiger partial charge in [0.05, 0.1) is 5.02 Å². The van der Waals surface area contributed by atoms with Gasteiger partial charge in [0.25, 0.3) is 0 Å². The lowest BCUT2D eigenvalue weighted by atomic mass is 10.1. The Kier molecular flexibility index (Phi) is 4.01. The van der Waals surface area contributed by atoms with Gasteiger partial charge in [0.15, 0.2) is 0 Å². The van der Waals surface area contributed by atoms with Gasteiger partial charge in [0.2, 0.25) is 0 Å². The number of aryl methyl sites for hydroxylation is 1. The molecule has 0 aliphatic rings. The van der Waals surface area contributed by atoms with E-state index in [0.717, 1.165) is 18.4 Å². The van der Waals surface area contributed by atoms with Crippen LogP contribution in [0, 0.1) is 5.82 Å². The fraction of sp³-hybridized carbons (Fsp3) is 0.400. The number of halogens is 3. The first-order valence-electron chi connectivity index (χ1n) is 4.17. The van der Waals surface area contributed by atoms with E-state index in [1.165, 1.54) is 6.07 Å². The van der Waals surface area contributed by atoms with Crippen LogP contribution in [0.2, 0.25) is 5.02 Å². The third-order valence-electron chi connectivity index (χ3n) is 1.81. The van der Waals surface area contributed by atoms with Crippen LogP contribution in [-0.4, -0.2) is 5.38 Å². The Labute approximate surface area is 87.7 Å². The van der Waals surface area contributed by atoms with E-state index in [1.807, 2.05) is 6.92 Å². The molecular formula is C10H11Cl2F. The Bertz CT molecular complexity index is 284. The number of hydrogen-bond donors (Lipinski definition) is 0. The zero-order valence-corrected chi connectivity index (χ0v) is 8.87. The molecule has 1 rings (SSSR count). The van der Waals surface area contributed by atoms with Crippen molar-refractivity contribution in [2.24, 2.45) is 0 Å². The van der Waals surface area contributed by atoms with Gasteiger partial charge in [-0.15, -0.1) is 11.6 Å². The predicted molar refractivity (Wildman–Crippen MR) is 55.0 cm³/mol. The Balaban J connectivity index is 2.63. The lowest BCUT2D eigenvalue weighted by Gasteiger charge is -2.03. The molecule has 72 valence electrons.